The van der Waals surface area contributed by atoms with E-state index in [0.29, 0.717) is 0 Å². The number of unbranched alkanes of at least 4 members (excludes halogenated alkanes) is 2. The Morgan fingerprint density at radius 2 is 1.82 bits per heavy atom. The maximum absolute atomic E-state index is 12.9. The number of nitrogens with zero attached hydrogens (tertiary/aromatic N) is 1. The van der Waals surface area contributed by atoms with Crippen molar-refractivity contribution >= 4 is 17.8 Å². The van der Waals surface area contributed by atoms with Gasteiger partial charge in [-0.05, 0) is 37.8 Å². The number of nitrogens with one attached hydrogen (secondary N) is 2. The summed E-state index contributed by atoms with van der Waals surface area (Å²) in [6.07, 6.45) is 6.21. The van der Waals surface area contributed by atoms with Crippen LogP contribution in [0, 0.1) is 0 Å². The monoisotopic (exact) mass is 387 g/mol. The SMILES string of the molecule is CCCCCC(C)NC(=O)CN1C(=O)NC(C)(c2ccc(CCC)cc2)C1=O. The van der Waals surface area contributed by atoms with E-state index in [9.17, 15) is 14.4 Å². The second-order valence-electron chi connectivity index (χ2n) is 7.86. The molecule has 2 rings (SSSR count). The van der Waals surface area contributed by atoms with Gasteiger partial charge in [0, 0.05) is 6.04 Å². The number of imide groups is 1. The van der Waals surface area contributed by atoms with Gasteiger partial charge in [0.25, 0.3) is 5.91 Å². The van der Waals surface area contributed by atoms with Gasteiger partial charge in [0.05, 0.1) is 0 Å². The van der Waals surface area contributed by atoms with E-state index < -0.39 is 17.5 Å². The third-order valence-electron chi connectivity index (χ3n) is 5.29. The molecular weight excluding hydrogens is 354 g/mol. The van der Waals surface area contributed by atoms with E-state index in [1.807, 2.05) is 31.2 Å². The zero-order valence-corrected chi connectivity index (χ0v) is 17.5. The molecule has 1 aliphatic heterocycles. The molecule has 0 radical (unpaired) electrons. The average Bonchev–Trinajstić information content (AvgIpc) is 2.87. The summed E-state index contributed by atoms with van der Waals surface area (Å²) in [7, 11) is 0. The lowest BCUT2D eigenvalue weighted by atomic mass is 9.91. The molecule has 6 heteroatoms. The van der Waals surface area contributed by atoms with Crippen molar-refractivity contribution in [3.8, 4) is 0 Å². The molecule has 154 valence electrons. The Morgan fingerprint density at radius 1 is 1.14 bits per heavy atom. The van der Waals surface area contributed by atoms with Gasteiger partial charge in [-0.1, -0.05) is 63.8 Å². The molecule has 2 N–H and O–H groups in total. The normalized spacial score (nSPS) is 20.2. The first-order chi connectivity index (χ1) is 13.3. The zero-order chi connectivity index (χ0) is 20.7. The summed E-state index contributed by atoms with van der Waals surface area (Å²) in [6, 6.07) is 7.22. The van der Waals surface area contributed by atoms with Crippen LogP contribution in [-0.2, 0) is 21.5 Å². The molecule has 0 spiro atoms. The first kappa shape index (κ1) is 21.9. The van der Waals surface area contributed by atoms with Gasteiger partial charge in [0.1, 0.15) is 12.1 Å². The fraction of sp³-hybridized carbons (Fsp3) is 0.591. The van der Waals surface area contributed by atoms with Gasteiger partial charge in [0.2, 0.25) is 5.91 Å². The van der Waals surface area contributed by atoms with E-state index in [0.717, 1.165) is 49.0 Å². The van der Waals surface area contributed by atoms with Crippen molar-refractivity contribution in [2.24, 2.45) is 0 Å². The van der Waals surface area contributed by atoms with Gasteiger partial charge in [-0.25, -0.2) is 4.79 Å². The number of carbonyl (C=O) groups excluding carboxylic acids is 3. The van der Waals surface area contributed by atoms with E-state index in [2.05, 4.69) is 24.5 Å². The Kier molecular flexibility index (Phi) is 7.61. The number of rotatable bonds is 10. The van der Waals surface area contributed by atoms with Crippen molar-refractivity contribution < 1.29 is 14.4 Å². The van der Waals surface area contributed by atoms with Crippen LogP contribution in [0.5, 0.6) is 0 Å². The number of urea groups is 1. The zero-order valence-electron chi connectivity index (χ0n) is 17.5. The average molecular weight is 388 g/mol. The first-order valence-corrected chi connectivity index (χ1v) is 10.3. The van der Waals surface area contributed by atoms with Crippen LogP contribution >= 0.6 is 0 Å². The summed E-state index contributed by atoms with van der Waals surface area (Å²) in [4.78, 5) is 38.7. The van der Waals surface area contributed by atoms with Crippen LogP contribution in [-0.4, -0.2) is 35.3 Å². The molecule has 28 heavy (non-hydrogen) atoms. The van der Waals surface area contributed by atoms with E-state index >= 15 is 0 Å². The molecule has 1 aromatic carbocycles. The lowest BCUT2D eigenvalue weighted by Crippen LogP contribution is -2.45. The Bertz CT molecular complexity index is 701. The quantitative estimate of drug-likeness (QED) is 0.476. The van der Waals surface area contributed by atoms with Crippen molar-refractivity contribution in [1.82, 2.24) is 15.5 Å². The topological polar surface area (TPSA) is 78.5 Å². The van der Waals surface area contributed by atoms with E-state index in [1.165, 1.54) is 5.56 Å². The van der Waals surface area contributed by atoms with Crippen molar-refractivity contribution in [3.63, 3.8) is 0 Å². The van der Waals surface area contributed by atoms with Crippen LogP contribution in [0.15, 0.2) is 24.3 Å². The molecule has 1 aliphatic rings. The minimum Gasteiger partial charge on any atom is -0.352 e. The number of amides is 4. The fourth-order valence-corrected chi connectivity index (χ4v) is 3.57. The molecular formula is C22H33N3O3. The molecule has 0 aliphatic carbocycles. The molecule has 6 nitrogen and oxygen atoms in total. The summed E-state index contributed by atoms with van der Waals surface area (Å²) in [5.41, 5.74) is 0.774. The molecule has 0 bridgehead atoms. The van der Waals surface area contributed by atoms with Crippen molar-refractivity contribution in [2.45, 2.75) is 77.8 Å². The number of hydrogen-bond donors (Lipinski definition) is 2. The number of hydrogen-bond acceptors (Lipinski definition) is 3. The predicted molar refractivity (Wildman–Crippen MR) is 110 cm³/mol. The maximum atomic E-state index is 12.9. The van der Waals surface area contributed by atoms with Gasteiger partial charge >= 0.3 is 6.03 Å². The van der Waals surface area contributed by atoms with Gasteiger partial charge in [-0.3, -0.25) is 14.5 Å². The first-order valence-electron chi connectivity index (χ1n) is 10.3. The molecule has 1 fully saturated rings. The Morgan fingerprint density at radius 3 is 2.43 bits per heavy atom. The molecule has 2 unspecified atom stereocenters. The molecule has 1 aromatic rings. The Labute approximate surface area is 168 Å². The van der Waals surface area contributed by atoms with Crippen LogP contribution in [0.25, 0.3) is 0 Å². The summed E-state index contributed by atoms with van der Waals surface area (Å²) in [5.74, 6) is -0.704. The second kappa shape index (κ2) is 9.71. The number of aryl methyl sites for hydroxylation is 1. The van der Waals surface area contributed by atoms with Crippen molar-refractivity contribution in [3.05, 3.63) is 35.4 Å². The third-order valence-corrected chi connectivity index (χ3v) is 5.29. The highest BCUT2D eigenvalue weighted by molar-refractivity contribution is 6.09. The number of benzene rings is 1. The van der Waals surface area contributed by atoms with Crippen LogP contribution < -0.4 is 10.6 Å². The molecule has 2 atom stereocenters. The van der Waals surface area contributed by atoms with Gasteiger partial charge in [-0.2, -0.15) is 0 Å². The van der Waals surface area contributed by atoms with Crippen LogP contribution in [0.2, 0.25) is 0 Å². The standard InChI is InChI=1S/C22H33N3O3/c1-5-7-8-10-16(3)23-19(26)15-25-20(27)22(4,24-21(25)28)18-13-11-17(9-6-2)12-14-18/h11-14,16H,5-10,15H2,1-4H3,(H,23,26)(H,24,28). The highest BCUT2D eigenvalue weighted by Gasteiger charge is 2.49. The summed E-state index contributed by atoms with van der Waals surface area (Å²) in [5, 5.41) is 5.64. The molecule has 0 aromatic heterocycles. The van der Waals surface area contributed by atoms with Gasteiger partial charge in [0.15, 0.2) is 0 Å². The van der Waals surface area contributed by atoms with Crippen molar-refractivity contribution in [1.29, 1.82) is 0 Å². The lowest BCUT2D eigenvalue weighted by Gasteiger charge is -2.22. The largest absolute Gasteiger partial charge is 0.352 e. The predicted octanol–water partition coefficient (Wildman–Crippen LogP) is 3.49. The van der Waals surface area contributed by atoms with Gasteiger partial charge < -0.3 is 10.6 Å². The van der Waals surface area contributed by atoms with Crippen LogP contribution in [0.3, 0.4) is 0 Å². The highest BCUT2D eigenvalue weighted by Crippen LogP contribution is 2.29. The van der Waals surface area contributed by atoms with E-state index in [1.54, 1.807) is 6.92 Å². The molecule has 0 saturated carbocycles. The lowest BCUT2D eigenvalue weighted by molar-refractivity contribution is -0.135. The summed E-state index contributed by atoms with van der Waals surface area (Å²) < 4.78 is 0. The smallest absolute Gasteiger partial charge is 0.325 e. The highest BCUT2D eigenvalue weighted by atomic mass is 16.2. The Hall–Kier alpha value is -2.37. The van der Waals surface area contributed by atoms with Crippen molar-refractivity contribution in [2.75, 3.05) is 6.54 Å². The molecule has 4 amide bonds. The fourth-order valence-electron chi connectivity index (χ4n) is 3.57. The Balaban J connectivity index is 2.01. The third kappa shape index (κ3) is 5.12. The van der Waals surface area contributed by atoms with Gasteiger partial charge in [-0.15, -0.1) is 0 Å². The van der Waals surface area contributed by atoms with E-state index in [4.69, 9.17) is 0 Å². The van der Waals surface area contributed by atoms with E-state index in [-0.39, 0.29) is 18.5 Å². The molecule has 1 heterocycles. The molecule has 1 saturated heterocycles. The second-order valence-corrected chi connectivity index (χ2v) is 7.86. The summed E-state index contributed by atoms with van der Waals surface area (Å²) >= 11 is 0. The minimum absolute atomic E-state index is 0.0253. The van der Waals surface area contributed by atoms with Crippen LogP contribution in [0.1, 0.15) is 70.9 Å². The summed E-state index contributed by atoms with van der Waals surface area (Å²) in [6.45, 7) is 7.62. The minimum atomic E-state index is -1.14. The number of carbonyl (C=O) groups is 3. The van der Waals surface area contributed by atoms with Crippen LogP contribution in [0.4, 0.5) is 4.79 Å². The maximum Gasteiger partial charge on any atom is 0.325 e.